The molecule has 4 aromatic carbocycles. The van der Waals surface area contributed by atoms with Crippen LogP contribution in [0.4, 0.5) is 30.7 Å². The van der Waals surface area contributed by atoms with E-state index in [0.29, 0.717) is 14.9 Å². The molecule has 2 saturated heterocycles. The lowest BCUT2D eigenvalue weighted by atomic mass is 9.76. The summed E-state index contributed by atoms with van der Waals surface area (Å²) in [6, 6.07) is 27.2. The van der Waals surface area contributed by atoms with E-state index in [1.807, 2.05) is 65.5 Å². The first kappa shape index (κ1) is 44.2. The molecule has 15 nitrogen and oxygen atoms in total. The molecule has 2 aliphatic rings. The zero-order valence-corrected chi connectivity index (χ0v) is 34.8. The van der Waals surface area contributed by atoms with Crippen molar-refractivity contribution in [1.82, 2.24) is 61.2 Å². The molecule has 23 heteroatoms. The summed E-state index contributed by atoms with van der Waals surface area (Å²) >= 11 is 0. The zero-order valence-electron chi connectivity index (χ0n) is 36.8. The van der Waals surface area contributed by atoms with Gasteiger partial charge in [0.15, 0.2) is 0 Å². The van der Waals surface area contributed by atoms with E-state index in [1.54, 1.807) is 6.82 Å². The van der Waals surface area contributed by atoms with Crippen LogP contribution in [0.1, 0.15) is 74.4 Å². The number of ether oxygens (including phenoxy) is 1. The van der Waals surface area contributed by atoms with Gasteiger partial charge in [0.25, 0.3) is 11.6 Å². The van der Waals surface area contributed by atoms with Crippen LogP contribution in [0, 0.1) is 0 Å². The van der Waals surface area contributed by atoms with Crippen molar-refractivity contribution < 1.29 is 48.3 Å². The van der Waals surface area contributed by atoms with E-state index < -0.39 is 37.9 Å². The van der Waals surface area contributed by atoms with Crippen LogP contribution < -0.4 is 20.7 Å². The standard InChI is InChI=1S/C21H24BF3N6O2.C21H22F4N6O/c1-22(33)30-11-5-8-17(19(30)14-6-3-2-4-7-14)26-13-15-12-16(9-10-18(15)32)31-20(21(23,24)25)27-28-29-31;22-13-32-18-9-8-16(31-20(21(23,24)25)28-29-30-31)11-15(18)12-27-17-7-4-10-26-19(17)14-5-2-1-3-6-14/h2-4,6-7,9-10,12,17,19,26,32-33H,5,8,11,13H2,1H3;1-3,5-6,8-9,11,17,19,26-27H,4,7,10,12-13H2/t2*17-,19-/m00/s1/i;13D2,22-1. The number of tetrazole rings is 2. The third-order valence-corrected chi connectivity index (χ3v) is 11.2. The van der Waals surface area contributed by atoms with Crippen LogP contribution in [0.2, 0.25) is 6.82 Å². The van der Waals surface area contributed by atoms with Crippen molar-refractivity contribution in [2.75, 3.05) is 19.9 Å². The summed E-state index contributed by atoms with van der Waals surface area (Å²) in [5, 5.41) is 50.2. The molecule has 0 saturated carbocycles. The Labute approximate surface area is 371 Å². The summed E-state index contributed by atoms with van der Waals surface area (Å²) in [5.74, 6) is -2.75. The second kappa shape index (κ2) is 20.9. The lowest BCUT2D eigenvalue weighted by Crippen LogP contribution is -2.52. The Morgan fingerprint density at radius 1 is 0.769 bits per heavy atom. The summed E-state index contributed by atoms with van der Waals surface area (Å²) in [4.78, 5) is 2.02. The maximum atomic E-state index is 13.6. The summed E-state index contributed by atoms with van der Waals surface area (Å²) in [5.41, 5.74) is 2.86. The van der Waals surface area contributed by atoms with Gasteiger partial charge in [-0.05, 0) is 114 Å². The van der Waals surface area contributed by atoms with E-state index in [2.05, 4.69) is 47.0 Å². The molecule has 6 aromatic rings. The minimum Gasteiger partial charge on any atom is -0.508 e. The molecule has 0 unspecified atom stereocenters. The lowest BCUT2D eigenvalue weighted by molar-refractivity contribution is -0.147. The van der Waals surface area contributed by atoms with E-state index >= 15 is 0 Å². The first-order chi connectivity index (χ1) is 31.9. The molecule has 2 aromatic heterocycles. The molecule has 8 rings (SSSR count). The number of rotatable bonds is 13. The number of hydrogen-bond donors (Lipinski definition) is 5. The molecule has 0 spiro atoms. The number of aromatic hydroxyl groups is 1. The summed E-state index contributed by atoms with van der Waals surface area (Å²) in [6.45, 7) is 0.140. The van der Waals surface area contributed by atoms with Crippen molar-refractivity contribution in [2.24, 2.45) is 0 Å². The van der Waals surface area contributed by atoms with Gasteiger partial charge in [0, 0.05) is 48.4 Å². The maximum absolute atomic E-state index is 13.6. The average molecular weight is 912 g/mol. The van der Waals surface area contributed by atoms with E-state index in [-0.39, 0.29) is 65.7 Å². The van der Waals surface area contributed by atoms with Crippen LogP contribution in [-0.2, 0) is 25.4 Å². The van der Waals surface area contributed by atoms with E-state index in [0.717, 1.165) is 49.9 Å². The molecule has 4 atom stereocenters. The van der Waals surface area contributed by atoms with Gasteiger partial charge in [-0.3, -0.25) is 0 Å². The molecule has 0 amide bonds. The Morgan fingerprint density at radius 3 is 1.92 bits per heavy atom. The Morgan fingerprint density at radius 2 is 1.32 bits per heavy atom. The van der Waals surface area contributed by atoms with Gasteiger partial charge in [0.2, 0.25) is 6.81 Å². The van der Waals surface area contributed by atoms with Crippen molar-refractivity contribution in [1.29, 1.82) is 0 Å². The van der Waals surface area contributed by atoms with Gasteiger partial charge < -0.3 is 35.6 Å². The monoisotopic (exact) mass is 911 g/mol. The number of halogens is 7. The van der Waals surface area contributed by atoms with Gasteiger partial charge in [-0.2, -0.15) is 35.7 Å². The highest BCUT2D eigenvalue weighted by Gasteiger charge is 2.40. The van der Waals surface area contributed by atoms with Crippen molar-refractivity contribution in [2.45, 2.75) is 82.1 Å². The topological polar surface area (TPSA) is 176 Å². The predicted octanol–water partition coefficient (Wildman–Crippen LogP) is 6.36. The van der Waals surface area contributed by atoms with Gasteiger partial charge in [0.05, 0.1) is 11.4 Å². The fourth-order valence-electron chi connectivity index (χ4n) is 8.23. The number of piperidine rings is 2. The Kier molecular flexibility index (Phi) is 14.2. The van der Waals surface area contributed by atoms with Crippen LogP contribution in [0.15, 0.2) is 97.1 Å². The number of alkyl halides is 7. The van der Waals surface area contributed by atoms with Crippen LogP contribution in [0.25, 0.3) is 11.4 Å². The normalized spacial score (nSPS) is 20.0. The molecular formula is C42H46BF7N12O3. The number of hydrogen-bond acceptors (Lipinski definition) is 13. The largest absolute Gasteiger partial charge is 0.508 e. The van der Waals surface area contributed by atoms with Gasteiger partial charge in [-0.1, -0.05) is 60.7 Å². The van der Waals surface area contributed by atoms with Crippen molar-refractivity contribution in [3.8, 4) is 22.9 Å². The van der Waals surface area contributed by atoms with Crippen molar-refractivity contribution >= 4 is 7.05 Å². The molecular weight excluding hydrogens is 863 g/mol. The van der Waals surface area contributed by atoms with Gasteiger partial charge >= 0.3 is 19.4 Å². The Hall–Kier alpha value is -6.01. The molecule has 0 radical (unpaired) electrons. The highest BCUT2D eigenvalue weighted by atomic mass is 19.4. The van der Waals surface area contributed by atoms with E-state index in [4.69, 9.17) is 7.48 Å². The molecule has 0 bridgehead atoms. The maximum Gasteiger partial charge on any atom is 0.453 e. The third-order valence-electron chi connectivity index (χ3n) is 11.2. The number of phenols is 1. The lowest BCUT2D eigenvalue weighted by Gasteiger charge is -2.43. The fraction of sp³-hybridized carbons (Fsp3) is 0.381. The van der Waals surface area contributed by atoms with Gasteiger partial charge in [0.1, 0.15) is 14.2 Å². The minimum atomic E-state index is -4.79. The molecule has 344 valence electrons. The SMILES string of the molecule is CB(O)N1CCC[C@H](NCc2cc(-n3nnnc3C(F)(F)F)ccc2O)[C@@H]1c1ccccc1.[2H]C([2H])([18F])Oc1ccc(-n2nnnc2C(F)(F)F)cc1CN[C@H]1CCCN[C@H]1c1ccccc1. The van der Waals surface area contributed by atoms with E-state index in [1.165, 1.54) is 36.4 Å². The fourth-order valence-corrected chi connectivity index (χ4v) is 8.23. The number of nitrogens with one attached hydrogen (secondary N) is 3. The van der Waals surface area contributed by atoms with E-state index in [9.17, 15) is 40.9 Å². The van der Waals surface area contributed by atoms with Gasteiger partial charge in [-0.15, -0.1) is 10.2 Å². The average Bonchev–Trinajstić information content (AvgIpc) is 4.01. The second-order valence-electron chi connectivity index (χ2n) is 15.4. The first-order valence-corrected chi connectivity index (χ1v) is 20.7. The number of benzene rings is 4. The van der Waals surface area contributed by atoms with Crippen LogP contribution in [0.3, 0.4) is 0 Å². The van der Waals surface area contributed by atoms with Crippen LogP contribution >= 0.6 is 0 Å². The molecule has 2 aliphatic heterocycles. The summed E-state index contributed by atoms with van der Waals surface area (Å²) in [6.07, 6.45) is -6.04. The summed E-state index contributed by atoms with van der Waals surface area (Å²) in [7, 11) is -0.642. The van der Waals surface area contributed by atoms with Gasteiger partial charge in [-0.25, -0.2) is 4.39 Å². The molecule has 4 heterocycles. The van der Waals surface area contributed by atoms with Crippen LogP contribution in [-0.4, -0.2) is 94.4 Å². The highest BCUT2D eigenvalue weighted by molar-refractivity contribution is 6.45. The smallest absolute Gasteiger partial charge is 0.453 e. The van der Waals surface area contributed by atoms with Crippen molar-refractivity contribution in [3.63, 3.8) is 0 Å². The van der Waals surface area contributed by atoms with Crippen LogP contribution in [0.5, 0.6) is 11.5 Å². The molecule has 65 heavy (non-hydrogen) atoms. The zero-order chi connectivity index (χ0) is 47.9. The summed E-state index contributed by atoms with van der Waals surface area (Å²) < 4.78 is 113. The second-order valence-corrected chi connectivity index (χ2v) is 15.4. The predicted molar refractivity (Wildman–Crippen MR) is 223 cm³/mol. The minimum absolute atomic E-state index is 0.00790. The Bertz CT molecular complexity index is 2540. The third kappa shape index (κ3) is 11.5. The highest BCUT2D eigenvalue weighted by Crippen LogP contribution is 2.34. The first-order valence-electron chi connectivity index (χ1n) is 21.7. The molecule has 2 fully saturated rings. The number of phenolic OH excluding ortho intramolecular Hbond substituents is 1. The number of aromatic nitrogens is 8. The van der Waals surface area contributed by atoms with Crippen molar-refractivity contribution in [3.05, 3.63) is 131 Å². The number of nitrogens with zero attached hydrogens (tertiary/aromatic N) is 9. The molecule has 0 aliphatic carbocycles. The Balaban J connectivity index is 0.000000199. The molecule has 5 N–H and O–H groups in total. The quantitative estimate of drug-likeness (QED) is 0.0640.